The summed E-state index contributed by atoms with van der Waals surface area (Å²) in [6.07, 6.45) is 0.564. The molecule has 78 valence electrons. The molecule has 0 saturated heterocycles. The van der Waals surface area contributed by atoms with Gasteiger partial charge in [0, 0.05) is 5.92 Å². The van der Waals surface area contributed by atoms with Crippen LogP contribution in [-0.4, -0.2) is 11.1 Å². The molecule has 2 aliphatic rings. The van der Waals surface area contributed by atoms with E-state index < -0.39 is 23.5 Å². The molecule has 1 aromatic rings. The molecular formula is C11H8F2O2. The number of hydrogen-bond acceptors (Lipinski definition) is 1. The molecular weight excluding hydrogens is 202 g/mol. The molecule has 0 bridgehead atoms. The highest BCUT2D eigenvalue weighted by molar-refractivity contribution is 5.77. The Hall–Kier alpha value is -1.45. The lowest BCUT2D eigenvalue weighted by molar-refractivity contribution is -0.139. The van der Waals surface area contributed by atoms with Crippen molar-refractivity contribution < 1.29 is 18.7 Å². The maximum absolute atomic E-state index is 13.4. The van der Waals surface area contributed by atoms with E-state index in [9.17, 15) is 13.6 Å². The lowest BCUT2D eigenvalue weighted by atomic mass is 10.0. The summed E-state index contributed by atoms with van der Waals surface area (Å²) in [7, 11) is 0. The largest absolute Gasteiger partial charge is 0.481 e. The third-order valence-electron chi connectivity index (χ3n) is 3.47. The SMILES string of the molecule is O=C(O)[C@@H]1[C@@H]2Cc3ccc(F)c(F)c3[C@@H]21. The van der Waals surface area contributed by atoms with E-state index in [-0.39, 0.29) is 11.8 Å². The van der Waals surface area contributed by atoms with Gasteiger partial charge in [0.05, 0.1) is 5.92 Å². The van der Waals surface area contributed by atoms with Crippen LogP contribution >= 0.6 is 0 Å². The highest BCUT2D eigenvalue weighted by atomic mass is 19.2. The molecule has 1 saturated carbocycles. The number of fused-ring (bicyclic) bond motifs is 3. The molecule has 1 aromatic carbocycles. The van der Waals surface area contributed by atoms with Crippen LogP contribution in [0.2, 0.25) is 0 Å². The van der Waals surface area contributed by atoms with Gasteiger partial charge in [-0.1, -0.05) is 6.07 Å². The summed E-state index contributed by atoms with van der Waals surface area (Å²) in [5.74, 6) is -3.47. The van der Waals surface area contributed by atoms with Crippen LogP contribution < -0.4 is 0 Å². The van der Waals surface area contributed by atoms with Gasteiger partial charge in [-0.25, -0.2) is 8.78 Å². The fourth-order valence-electron chi connectivity index (χ4n) is 2.76. The van der Waals surface area contributed by atoms with Crippen LogP contribution in [0.5, 0.6) is 0 Å². The minimum absolute atomic E-state index is 0.0196. The standard InChI is InChI=1S/C11H8F2O2/c12-6-2-1-4-3-5-8(7(4)10(6)13)9(5)11(14)15/h1-2,5,8-9H,3H2,(H,14,15)/t5-,8-,9-/m1/s1. The van der Waals surface area contributed by atoms with Crippen LogP contribution in [-0.2, 0) is 11.2 Å². The summed E-state index contributed by atoms with van der Waals surface area (Å²) in [5.41, 5.74) is 1.06. The van der Waals surface area contributed by atoms with Crippen molar-refractivity contribution in [3.63, 3.8) is 0 Å². The monoisotopic (exact) mass is 210 g/mol. The Kier molecular flexibility index (Phi) is 1.51. The molecule has 1 fully saturated rings. The smallest absolute Gasteiger partial charge is 0.307 e. The number of carboxylic acids is 1. The summed E-state index contributed by atoms with van der Waals surface area (Å²) in [5, 5.41) is 8.83. The summed E-state index contributed by atoms with van der Waals surface area (Å²) in [4.78, 5) is 10.8. The van der Waals surface area contributed by atoms with Crippen molar-refractivity contribution in [2.24, 2.45) is 11.8 Å². The van der Waals surface area contributed by atoms with Gasteiger partial charge >= 0.3 is 5.97 Å². The van der Waals surface area contributed by atoms with E-state index >= 15 is 0 Å². The first-order chi connectivity index (χ1) is 7.11. The van der Waals surface area contributed by atoms with Gasteiger partial charge in [-0.2, -0.15) is 0 Å². The molecule has 0 aliphatic heterocycles. The van der Waals surface area contributed by atoms with E-state index in [1.54, 1.807) is 6.07 Å². The van der Waals surface area contributed by atoms with Crippen LogP contribution in [0.1, 0.15) is 17.0 Å². The third kappa shape index (κ3) is 0.991. The molecule has 0 radical (unpaired) electrons. The molecule has 0 spiro atoms. The number of hydrogen-bond donors (Lipinski definition) is 1. The number of carboxylic acid groups (broad SMARTS) is 1. The fraction of sp³-hybridized carbons (Fsp3) is 0.364. The van der Waals surface area contributed by atoms with E-state index in [4.69, 9.17) is 5.11 Å². The molecule has 1 N–H and O–H groups in total. The Labute approximate surface area is 84.5 Å². The normalized spacial score (nSPS) is 30.9. The molecule has 2 nitrogen and oxygen atoms in total. The second-order valence-electron chi connectivity index (χ2n) is 4.19. The van der Waals surface area contributed by atoms with Crippen LogP contribution in [0, 0.1) is 23.5 Å². The Bertz CT molecular complexity index is 470. The quantitative estimate of drug-likeness (QED) is 0.769. The van der Waals surface area contributed by atoms with Gasteiger partial charge in [0.25, 0.3) is 0 Å². The Morgan fingerprint density at radius 3 is 2.80 bits per heavy atom. The molecule has 15 heavy (non-hydrogen) atoms. The minimum atomic E-state index is -0.903. The lowest BCUT2D eigenvalue weighted by Gasteiger charge is -2.06. The molecule has 0 unspecified atom stereocenters. The Morgan fingerprint density at radius 2 is 2.13 bits per heavy atom. The topological polar surface area (TPSA) is 37.3 Å². The van der Waals surface area contributed by atoms with E-state index in [0.29, 0.717) is 12.0 Å². The molecule has 2 aliphatic carbocycles. The summed E-state index contributed by atoms with van der Waals surface area (Å²) in [6, 6.07) is 2.66. The van der Waals surface area contributed by atoms with Gasteiger partial charge in [0.15, 0.2) is 11.6 Å². The summed E-state index contributed by atoms with van der Waals surface area (Å²) in [6.45, 7) is 0. The van der Waals surface area contributed by atoms with E-state index in [2.05, 4.69) is 0 Å². The first-order valence-corrected chi connectivity index (χ1v) is 4.81. The number of halogens is 2. The predicted octanol–water partition coefficient (Wildman–Crippen LogP) is 1.94. The van der Waals surface area contributed by atoms with Crippen molar-refractivity contribution >= 4 is 5.97 Å². The maximum atomic E-state index is 13.4. The molecule has 4 heteroatoms. The zero-order valence-electron chi connectivity index (χ0n) is 7.71. The Morgan fingerprint density at radius 1 is 1.40 bits per heavy atom. The molecule has 0 amide bonds. The maximum Gasteiger partial charge on any atom is 0.307 e. The van der Waals surface area contributed by atoms with Crippen LogP contribution in [0.25, 0.3) is 0 Å². The zero-order valence-corrected chi connectivity index (χ0v) is 7.71. The second-order valence-corrected chi connectivity index (χ2v) is 4.19. The van der Waals surface area contributed by atoms with Gasteiger partial charge in [-0.3, -0.25) is 4.79 Å². The van der Waals surface area contributed by atoms with E-state index in [1.807, 2.05) is 0 Å². The first-order valence-electron chi connectivity index (χ1n) is 4.81. The van der Waals surface area contributed by atoms with Gasteiger partial charge < -0.3 is 5.11 Å². The van der Waals surface area contributed by atoms with Gasteiger partial charge in [0.1, 0.15) is 0 Å². The average molecular weight is 210 g/mol. The molecule has 0 aromatic heterocycles. The van der Waals surface area contributed by atoms with Crippen molar-refractivity contribution in [2.75, 3.05) is 0 Å². The second kappa shape index (κ2) is 2.56. The summed E-state index contributed by atoms with van der Waals surface area (Å²) < 4.78 is 26.4. The fourth-order valence-corrected chi connectivity index (χ4v) is 2.76. The number of rotatable bonds is 1. The number of benzene rings is 1. The Balaban J connectivity index is 2.08. The number of aliphatic carboxylic acids is 1. The first kappa shape index (κ1) is 8.83. The van der Waals surface area contributed by atoms with Crippen molar-refractivity contribution in [3.8, 4) is 0 Å². The van der Waals surface area contributed by atoms with Crippen LogP contribution in [0.3, 0.4) is 0 Å². The van der Waals surface area contributed by atoms with E-state index in [1.165, 1.54) is 0 Å². The van der Waals surface area contributed by atoms with Gasteiger partial charge in [-0.05, 0) is 29.5 Å². The van der Waals surface area contributed by atoms with Crippen molar-refractivity contribution in [3.05, 3.63) is 34.9 Å². The lowest BCUT2D eigenvalue weighted by Crippen LogP contribution is -2.06. The van der Waals surface area contributed by atoms with Gasteiger partial charge in [0.2, 0.25) is 0 Å². The highest BCUT2D eigenvalue weighted by Gasteiger charge is 2.60. The molecule has 3 atom stereocenters. The van der Waals surface area contributed by atoms with Crippen LogP contribution in [0.15, 0.2) is 12.1 Å². The number of carbonyl (C=O) groups is 1. The van der Waals surface area contributed by atoms with Crippen molar-refractivity contribution in [1.82, 2.24) is 0 Å². The predicted molar refractivity (Wildman–Crippen MR) is 47.4 cm³/mol. The highest BCUT2D eigenvalue weighted by Crippen LogP contribution is 2.62. The van der Waals surface area contributed by atoms with E-state index in [0.717, 1.165) is 11.6 Å². The zero-order chi connectivity index (χ0) is 10.7. The summed E-state index contributed by atoms with van der Waals surface area (Å²) >= 11 is 0. The molecule has 3 rings (SSSR count). The minimum Gasteiger partial charge on any atom is -0.481 e. The van der Waals surface area contributed by atoms with Crippen molar-refractivity contribution in [2.45, 2.75) is 12.3 Å². The van der Waals surface area contributed by atoms with Crippen molar-refractivity contribution in [1.29, 1.82) is 0 Å². The van der Waals surface area contributed by atoms with Crippen LogP contribution in [0.4, 0.5) is 8.78 Å². The van der Waals surface area contributed by atoms with Gasteiger partial charge in [-0.15, -0.1) is 0 Å². The third-order valence-corrected chi connectivity index (χ3v) is 3.47. The average Bonchev–Trinajstić information content (AvgIpc) is 2.76. The molecule has 0 heterocycles.